The fourth-order valence-electron chi connectivity index (χ4n) is 1.46. The van der Waals surface area contributed by atoms with Crippen LogP contribution in [0.4, 0.5) is 14.5 Å². The smallest absolute Gasteiger partial charge is 0.318 e. The molecule has 1 amide bonds. The lowest BCUT2D eigenvalue weighted by atomic mass is 10.1. The molecule has 1 N–H and O–H groups in total. The molecule has 0 spiro atoms. The van der Waals surface area contributed by atoms with E-state index in [9.17, 15) is 18.4 Å². The molecular weight excluding hydrogens is 244 g/mol. The van der Waals surface area contributed by atoms with E-state index in [1.54, 1.807) is 6.92 Å². The van der Waals surface area contributed by atoms with Crippen molar-refractivity contribution in [2.24, 2.45) is 5.92 Å². The van der Waals surface area contributed by atoms with Gasteiger partial charge in [0.25, 0.3) is 0 Å². The van der Waals surface area contributed by atoms with Crippen LogP contribution in [0.15, 0.2) is 18.2 Å². The first-order valence-electron chi connectivity index (χ1n) is 5.32. The summed E-state index contributed by atoms with van der Waals surface area (Å²) in [5, 5.41) is 2.27. The van der Waals surface area contributed by atoms with Gasteiger partial charge in [-0.05, 0) is 18.6 Å². The van der Waals surface area contributed by atoms with Crippen molar-refractivity contribution in [1.29, 1.82) is 0 Å². The summed E-state index contributed by atoms with van der Waals surface area (Å²) in [7, 11) is 1.17. The molecule has 98 valence electrons. The number of halogens is 2. The third kappa shape index (κ3) is 3.51. The SMILES string of the molecule is CCC(C(=O)Nc1cc(F)cc(F)c1)C(=O)OC. The van der Waals surface area contributed by atoms with Crippen LogP contribution >= 0.6 is 0 Å². The first-order chi connectivity index (χ1) is 8.47. The number of hydrogen-bond donors (Lipinski definition) is 1. The lowest BCUT2D eigenvalue weighted by Crippen LogP contribution is -2.30. The molecule has 1 rings (SSSR count). The van der Waals surface area contributed by atoms with Crippen LogP contribution in [0.5, 0.6) is 0 Å². The second-order valence-corrected chi connectivity index (χ2v) is 3.63. The van der Waals surface area contributed by atoms with Gasteiger partial charge in [0.05, 0.1) is 7.11 Å². The molecule has 0 fully saturated rings. The van der Waals surface area contributed by atoms with Crippen molar-refractivity contribution in [3.05, 3.63) is 29.8 Å². The molecule has 6 heteroatoms. The van der Waals surface area contributed by atoms with E-state index in [0.29, 0.717) is 6.07 Å². The minimum Gasteiger partial charge on any atom is -0.468 e. The Labute approximate surface area is 103 Å². The van der Waals surface area contributed by atoms with Crippen molar-refractivity contribution in [2.45, 2.75) is 13.3 Å². The van der Waals surface area contributed by atoms with Crippen LogP contribution in [-0.4, -0.2) is 19.0 Å². The summed E-state index contributed by atoms with van der Waals surface area (Å²) >= 11 is 0. The molecule has 0 radical (unpaired) electrons. The van der Waals surface area contributed by atoms with Gasteiger partial charge in [-0.15, -0.1) is 0 Å². The highest BCUT2D eigenvalue weighted by molar-refractivity contribution is 6.04. The van der Waals surface area contributed by atoms with Gasteiger partial charge in [-0.3, -0.25) is 9.59 Å². The highest BCUT2D eigenvalue weighted by atomic mass is 19.1. The Hall–Kier alpha value is -1.98. The van der Waals surface area contributed by atoms with Crippen molar-refractivity contribution in [3.8, 4) is 0 Å². The van der Waals surface area contributed by atoms with E-state index in [1.165, 1.54) is 7.11 Å². The largest absolute Gasteiger partial charge is 0.468 e. The highest BCUT2D eigenvalue weighted by Crippen LogP contribution is 2.15. The zero-order valence-corrected chi connectivity index (χ0v) is 10.00. The molecule has 1 aromatic carbocycles. The number of esters is 1. The minimum atomic E-state index is -0.999. The van der Waals surface area contributed by atoms with Crippen LogP contribution in [0.25, 0.3) is 0 Å². The van der Waals surface area contributed by atoms with Crippen LogP contribution < -0.4 is 5.32 Å². The van der Waals surface area contributed by atoms with Crippen LogP contribution in [-0.2, 0) is 14.3 Å². The van der Waals surface area contributed by atoms with E-state index in [1.807, 2.05) is 0 Å². The molecule has 0 aromatic heterocycles. The molecule has 0 heterocycles. The molecule has 0 aliphatic rings. The second-order valence-electron chi connectivity index (χ2n) is 3.63. The van der Waals surface area contributed by atoms with E-state index >= 15 is 0 Å². The van der Waals surface area contributed by atoms with Crippen LogP contribution in [0.1, 0.15) is 13.3 Å². The van der Waals surface area contributed by atoms with Gasteiger partial charge in [0.2, 0.25) is 5.91 Å². The predicted molar refractivity (Wildman–Crippen MR) is 60.8 cm³/mol. The fraction of sp³-hybridized carbons (Fsp3) is 0.333. The van der Waals surface area contributed by atoms with Crippen LogP contribution in [0, 0.1) is 17.6 Å². The fourth-order valence-corrected chi connectivity index (χ4v) is 1.46. The molecule has 18 heavy (non-hydrogen) atoms. The maximum Gasteiger partial charge on any atom is 0.318 e. The molecule has 4 nitrogen and oxygen atoms in total. The Morgan fingerprint density at radius 2 is 1.83 bits per heavy atom. The maximum atomic E-state index is 12.9. The molecule has 0 saturated heterocycles. The Morgan fingerprint density at radius 1 is 1.28 bits per heavy atom. The van der Waals surface area contributed by atoms with Crippen LogP contribution in [0.2, 0.25) is 0 Å². The first kappa shape index (κ1) is 14.1. The lowest BCUT2D eigenvalue weighted by Gasteiger charge is -2.12. The van der Waals surface area contributed by atoms with E-state index in [2.05, 4.69) is 10.1 Å². The second kappa shape index (κ2) is 6.09. The summed E-state index contributed by atoms with van der Waals surface area (Å²) in [6.45, 7) is 1.63. The first-order valence-corrected chi connectivity index (χ1v) is 5.32. The third-order valence-corrected chi connectivity index (χ3v) is 2.34. The number of amides is 1. The number of carbonyl (C=O) groups is 2. The van der Waals surface area contributed by atoms with E-state index in [0.717, 1.165) is 12.1 Å². The van der Waals surface area contributed by atoms with Gasteiger partial charge in [0.1, 0.15) is 17.6 Å². The van der Waals surface area contributed by atoms with E-state index in [-0.39, 0.29) is 12.1 Å². The van der Waals surface area contributed by atoms with Gasteiger partial charge < -0.3 is 10.1 Å². The number of benzene rings is 1. The number of methoxy groups -OCH3 is 1. The molecular formula is C12H13F2NO3. The molecule has 0 bridgehead atoms. The molecule has 0 saturated carbocycles. The van der Waals surface area contributed by atoms with Gasteiger partial charge in [0, 0.05) is 11.8 Å². The van der Waals surface area contributed by atoms with Gasteiger partial charge in [-0.1, -0.05) is 6.92 Å². The highest BCUT2D eigenvalue weighted by Gasteiger charge is 2.25. The van der Waals surface area contributed by atoms with Gasteiger partial charge in [-0.25, -0.2) is 8.78 Å². The Bertz CT molecular complexity index is 442. The number of nitrogens with one attached hydrogen (secondary N) is 1. The summed E-state index contributed by atoms with van der Waals surface area (Å²) in [6, 6.07) is 2.61. The summed E-state index contributed by atoms with van der Waals surface area (Å²) in [5.41, 5.74) is -0.0418. The zero-order chi connectivity index (χ0) is 13.7. The zero-order valence-electron chi connectivity index (χ0n) is 10.00. The Morgan fingerprint density at radius 3 is 2.28 bits per heavy atom. The van der Waals surface area contributed by atoms with Crippen molar-refractivity contribution >= 4 is 17.6 Å². The standard InChI is InChI=1S/C12H13F2NO3/c1-3-10(12(17)18-2)11(16)15-9-5-7(13)4-8(14)6-9/h4-6,10H,3H2,1-2H3,(H,15,16). The quantitative estimate of drug-likeness (QED) is 0.664. The number of ether oxygens (including phenoxy) is 1. The van der Waals surface area contributed by atoms with E-state index in [4.69, 9.17) is 0 Å². The molecule has 0 aliphatic heterocycles. The summed E-state index contributed by atoms with van der Waals surface area (Å²) in [4.78, 5) is 23.0. The molecule has 1 unspecified atom stereocenters. The van der Waals surface area contributed by atoms with Crippen molar-refractivity contribution in [3.63, 3.8) is 0 Å². The van der Waals surface area contributed by atoms with Gasteiger partial charge in [-0.2, -0.15) is 0 Å². The normalized spacial score (nSPS) is 11.8. The van der Waals surface area contributed by atoms with Crippen molar-refractivity contribution in [1.82, 2.24) is 0 Å². The van der Waals surface area contributed by atoms with Gasteiger partial charge in [0.15, 0.2) is 0 Å². The summed E-state index contributed by atoms with van der Waals surface area (Å²) < 4.78 is 30.3. The Balaban J connectivity index is 2.82. The number of carbonyl (C=O) groups excluding carboxylic acids is 2. The monoisotopic (exact) mass is 257 g/mol. The summed E-state index contributed by atoms with van der Waals surface area (Å²) in [5.74, 6) is -3.96. The topological polar surface area (TPSA) is 55.4 Å². The van der Waals surface area contributed by atoms with Gasteiger partial charge >= 0.3 is 5.97 Å². The predicted octanol–water partition coefficient (Wildman–Crippen LogP) is 2.10. The number of anilines is 1. The number of rotatable bonds is 4. The molecule has 1 atom stereocenters. The average Bonchev–Trinajstić information content (AvgIpc) is 2.28. The minimum absolute atomic E-state index is 0.0418. The molecule has 1 aromatic rings. The van der Waals surface area contributed by atoms with Crippen molar-refractivity contribution in [2.75, 3.05) is 12.4 Å². The van der Waals surface area contributed by atoms with Crippen LogP contribution in [0.3, 0.4) is 0 Å². The average molecular weight is 257 g/mol. The molecule has 0 aliphatic carbocycles. The third-order valence-electron chi connectivity index (χ3n) is 2.34. The number of hydrogen-bond acceptors (Lipinski definition) is 3. The lowest BCUT2D eigenvalue weighted by molar-refractivity contribution is -0.148. The van der Waals surface area contributed by atoms with E-state index < -0.39 is 29.4 Å². The maximum absolute atomic E-state index is 12.9. The summed E-state index contributed by atoms with van der Waals surface area (Å²) in [6.07, 6.45) is 0.232. The Kier molecular flexibility index (Phi) is 4.76. The van der Waals surface area contributed by atoms with Crippen molar-refractivity contribution < 1.29 is 23.1 Å².